The molecule has 0 aromatic heterocycles. The molecule has 20 heavy (non-hydrogen) atoms. The number of hydrogen-bond acceptors (Lipinski definition) is 1. The lowest BCUT2D eigenvalue weighted by Crippen LogP contribution is -2.40. The quantitative estimate of drug-likeness (QED) is 0.404. The van der Waals surface area contributed by atoms with Gasteiger partial charge in [0.25, 0.3) is 0 Å². The fraction of sp³-hybridized carbons (Fsp3) is 0.941. The van der Waals surface area contributed by atoms with Crippen LogP contribution in [0.5, 0.6) is 0 Å². The van der Waals surface area contributed by atoms with Gasteiger partial charge in [-0.05, 0) is 19.3 Å². The molecule has 2 nitrogen and oxygen atoms in total. The van der Waals surface area contributed by atoms with Gasteiger partial charge in [0.1, 0.15) is 0 Å². The minimum atomic E-state index is 0.177. The van der Waals surface area contributed by atoms with Crippen LogP contribution in [0, 0.1) is 0 Å². The Labute approximate surface area is 130 Å². The Morgan fingerprint density at radius 1 is 1.05 bits per heavy atom. The highest BCUT2D eigenvalue weighted by Crippen LogP contribution is 2.17. The number of likely N-dealkylation sites (tertiary alicyclic amines) is 1. The topological polar surface area (TPSA) is 20.3 Å². The van der Waals surface area contributed by atoms with E-state index in [-0.39, 0.29) is 5.38 Å². The van der Waals surface area contributed by atoms with Crippen molar-refractivity contribution in [1.29, 1.82) is 0 Å². The largest absolute Gasteiger partial charge is 0.341 e. The van der Waals surface area contributed by atoms with E-state index in [1.165, 1.54) is 51.4 Å². The Morgan fingerprint density at radius 3 is 2.25 bits per heavy atom. The maximum Gasteiger partial charge on any atom is 0.222 e. The summed E-state index contributed by atoms with van der Waals surface area (Å²) < 4.78 is 0. The van der Waals surface area contributed by atoms with E-state index >= 15 is 0 Å². The number of carbonyl (C=O) groups is 1. The maximum atomic E-state index is 12.0. The molecule has 0 aromatic carbocycles. The van der Waals surface area contributed by atoms with E-state index in [1.807, 2.05) is 4.90 Å². The summed E-state index contributed by atoms with van der Waals surface area (Å²) in [4.78, 5) is 14.0. The summed E-state index contributed by atoms with van der Waals surface area (Å²) in [7, 11) is 0. The monoisotopic (exact) mass is 301 g/mol. The van der Waals surface area contributed by atoms with Crippen LogP contribution in [-0.2, 0) is 4.79 Å². The first-order chi connectivity index (χ1) is 9.74. The summed E-state index contributed by atoms with van der Waals surface area (Å²) in [6.45, 7) is 3.93. The van der Waals surface area contributed by atoms with Crippen LogP contribution in [0.2, 0.25) is 0 Å². The van der Waals surface area contributed by atoms with E-state index in [9.17, 15) is 4.79 Å². The molecule has 1 amide bonds. The third-order valence-corrected chi connectivity index (χ3v) is 4.57. The maximum absolute atomic E-state index is 12.0. The van der Waals surface area contributed by atoms with Crippen LogP contribution in [-0.4, -0.2) is 29.3 Å². The number of unbranched alkanes of at least 4 members (excludes halogenated alkanes) is 8. The second-order valence-corrected chi connectivity index (χ2v) is 6.77. The van der Waals surface area contributed by atoms with Crippen LogP contribution in [0.25, 0.3) is 0 Å². The van der Waals surface area contributed by atoms with E-state index in [2.05, 4.69) is 6.92 Å². The predicted molar refractivity (Wildman–Crippen MR) is 87.3 cm³/mol. The van der Waals surface area contributed by atoms with Gasteiger partial charge in [-0.3, -0.25) is 4.79 Å². The minimum absolute atomic E-state index is 0.177. The predicted octanol–water partition coefficient (Wildman–Crippen LogP) is 5.14. The lowest BCUT2D eigenvalue weighted by molar-refractivity contribution is -0.132. The van der Waals surface area contributed by atoms with Crippen LogP contribution >= 0.6 is 11.6 Å². The van der Waals surface area contributed by atoms with Gasteiger partial charge in [-0.2, -0.15) is 0 Å². The van der Waals surface area contributed by atoms with Crippen molar-refractivity contribution in [2.75, 3.05) is 13.1 Å². The van der Waals surface area contributed by atoms with Crippen molar-refractivity contribution in [3.8, 4) is 0 Å². The first-order valence-corrected chi connectivity index (χ1v) is 9.09. The summed E-state index contributed by atoms with van der Waals surface area (Å²) in [5, 5.41) is 0.177. The average molecular weight is 302 g/mol. The molecule has 0 radical (unpaired) electrons. The normalized spacial score (nSPS) is 19.3. The highest BCUT2D eigenvalue weighted by Gasteiger charge is 2.21. The molecule has 1 aliphatic heterocycles. The summed E-state index contributed by atoms with van der Waals surface area (Å²) in [5.41, 5.74) is 0. The molecule has 1 atom stereocenters. The Hall–Kier alpha value is -0.240. The first kappa shape index (κ1) is 17.8. The molecule has 3 heteroatoms. The summed E-state index contributed by atoms with van der Waals surface area (Å²) in [6, 6.07) is 0. The van der Waals surface area contributed by atoms with Gasteiger partial charge in [-0.15, -0.1) is 11.6 Å². The van der Waals surface area contributed by atoms with Gasteiger partial charge in [-0.25, -0.2) is 0 Å². The van der Waals surface area contributed by atoms with Gasteiger partial charge in [0.05, 0.1) is 5.38 Å². The third-order valence-electron chi connectivity index (χ3n) is 4.21. The average Bonchev–Trinajstić information content (AvgIpc) is 2.45. The van der Waals surface area contributed by atoms with Crippen molar-refractivity contribution >= 4 is 17.5 Å². The molecule has 1 saturated heterocycles. The van der Waals surface area contributed by atoms with E-state index < -0.39 is 0 Å². The number of hydrogen-bond donors (Lipinski definition) is 0. The second kappa shape index (κ2) is 11.4. The number of piperidine rings is 1. The molecule has 1 aliphatic rings. The molecular formula is C17H32ClNO. The molecule has 1 unspecified atom stereocenters. The third kappa shape index (κ3) is 8.14. The van der Waals surface area contributed by atoms with E-state index in [0.717, 1.165) is 38.8 Å². The van der Waals surface area contributed by atoms with Crippen molar-refractivity contribution in [2.45, 2.75) is 89.4 Å². The Kier molecular flexibility index (Phi) is 10.2. The van der Waals surface area contributed by atoms with Gasteiger partial charge >= 0.3 is 0 Å². The smallest absolute Gasteiger partial charge is 0.222 e. The number of alkyl halides is 1. The summed E-state index contributed by atoms with van der Waals surface area (Å²) in [5.74, 6) is 0.318. The Morgan fingerprint density at radius 2 is 1.65 bits per heavy atom. The molecule has 1 fully saturated rings. The molecule has 0 N–H and O–H groups in total. The van der Waals surface area contributed by atoms with E-state index in [4.69, 9.17) is 11.6 Å². The minimum Gasteiger partial charge on any atom is -0.341 e. The van der Waals surface area contributed by atoms with Crippen molar-refractivity contribution < 1.29 is 4.79 Å². The van der Waals surface area contributed by atoms with Crippen molar-refractivity contribution in [2.24, 2.45) is 0 Å². The van der Waals surface area contributed by atoms with Crippen molar-refractivity contribution in [3.05, 3.63) is 0 Å². The lowest BCUT2D eigenvalue weighted by atomic mass is 10.1. The molecule has 0 spiro atoms. The molecule has 0 aromatic rings. The molecule has 0 saturated carbocycles. The van der Waals surface area contributed by atoms with Crippen LogP contribution in [0.3, 0.4) is 0 Å². The van der Waals surface area contributed by atoms with Gasteiger partial charge in [-0.1, -0.05) is 58.3 Å². The van der Waals surface area contributed by atoms with Crippen LogP contribution in [0.4, 0.5) is 0 Å². The van der Waals surface area contributed by atoms with E-state index in [1.54, 1.807) is 0 Å². The molecule has 1 heterocycles. The standard InChI is InChI=1S/C17H32ClNO/c1-2-3-4-5-6-7-8-9-10-13-17(20)19-14-11-12-16(18)15-19/h16H,2-15H2,1H3. The Balaban J connectivity index is 1.91. The van der Waals surface area contributed by atoms with Gasteiger partial charge in [0, 0.05) is 19.5 Å². The summed E-state index contributed by atoms with van der Waals surface area (Å²) >= 11 is 6.12. The molecule has 0 bridgehead atoms. The van der Waals surface area contributed by atoms with Gasteiger partial charge in [0.2, 0.25) is 5.91 Å². The molecule has 1 rings (SSSR count). The Bertz CT molecular complexity index is 257. The SMILES string of the molecule is CCCCCCCCCCCC(=O)N1CCCC(Cl)C1. The molecular weight excluding hydrogens is 270 g/mol. The highest BCUT2D eigenvalue weighted by molar-refractivity contribution is 6.20. The zero-order chi connectivity index (χ0) is 14.6. The lowest BCUT2D eigenvalue weighted by Gasteiger charge is -2.29. The number of nitrogens with zero attached hydrogens (tertiary/aromatic N) is 1. The van der Waals surface area contributed by atoms with Crippen LogP contribution < -0.4 is 0 Å². The summed E-state index contributed by atoms with van der Waals surface area (Å²) in [6.07, 6.45) is 14.6. The highest BCUT2D eigenvalue weighted by atomic mass is 35.5. The number of rotatable bonds is 10. The van der Waals surface area contributed by atoms with Crippen LogP contribution in [0.15, 0.2) is 0 Å². The fourth-order valence-electron chi connectivity index (χ4n) is 2.90. The number of amides is 1. The van der Waals surface area contributed by atoms with E-state index in [0.29, 0.717) is 5.91 Å². The zero-order valence-corrected chi connectivity index (χ0v) is 14.0. The van der Waals surface area contributed by atoms with Gasteiger partial charge < -0.3 is 4.90 Å². The first-order valence-electron chi connectivity index (χ1n) is 8.66. The van der Waals surface area contributed by atoms with Crippen molar-refractivity contribution in [3.63, 3.8) is 0 Å². The number of carbonyl (C=O) groups excluding carboxylic acids is 1. The van der Waals surface area contributed by atoms with Crippen molar-refractivity contribution in [1.82, 2.24) is 4.90 Å². The molecule has 0 aliphatic carbocycles. The molecule has 118 valence electrons. The van der Waals surface area contributed by atoms with Crippen LogP contribution in [0.1, 0.15) is 84.0 Å². The second-order valence-electron chi connectivity index (χ2n) is 6.16. The number of halogens is 1. The fourth-order valence-corrected chi connectivity index (χ4v) is 3.22. The zero-order valence-electron chi connectivity index (χ0n) is 13.2. The van der Waals surface area contributed by atoms with Gasteiger partial charge in [0.15, 0.2) is 0 Å².